The molecule has 0 fully saturated rings. The largest absolute Gasteiger partial charge is 0.491 e. The monoisotopic (exact) mass is 746 g/mol. The average molecular weight is 747 g/mol. The summed E-state index contributed by atoms with van der Waals surface area (Å²) in [6.45, 7) is 5.09. The van der Waals surface area contributed by atoms with E-state index >= 15 is 0 Å². The van der Waals surface area contributed by atoms with Gasteiger partial charge in [-0.3, -0.25) is 0 Å². The topological polar surface area (TPSA) is 136 Å². The van der Waals surface area contributed by atoms with Crippen molar-refractivity contribution in [1.29, 1.82) is 0 Å². The molecule has 0 unspecified atom stereocenters. The summed E-state index contributed by atoms with van der Waals surface area (Å²) in [6.07, 6.45) is 3.89. The van der Waals surface area contributed by atoms with E-state index in [1.807, 2.05) is 0 Å². The van der Waals surface area contributed by atoms with E-state index in [1.165, 1.54) is 104 Å². The van der Waals surface area contributed by atoms with E-state index in [2.05, 4.69) is 0 Å². The second-order valence-corrected chi connectivity index (χ2v) is 10.9. The second-order valence-electron chi connectivity index (χ2n) is 10.9. The zero-order valence-corrected chi connectivity index (χ0v) is 29.8. The lowest BCUT2D eigenvalue weighted by atomic mass is 10.1. The first-order valence-electron chi connectivity index (χ1n) is 16.7. The van der Waals surface area contributed by atoms with Crippen LogP contribution in [0, 0.1) is 17.5 Å². The number of carbonyl (C=O) groups is 3. The summed E-state index contributed by atoms with van der Waals surface area (Å²) in [4.78, 5) is 34.1. The van der Waals surface area contributed by atoms with E-state index in [0.29, 0.717) is 30.1 Å². The number of Topliss-reactive ketones (excluding diaryl/α,β-unsaturated/α-hetero) is 1. The Morgan fingerprint density at radius 3 is 1.32 bits per heavy atom. The highest BCUT2D eigenvalue weighted by molar-refractivity contribution is 5.82. The molecular weight excluding hydrogens is 701 g/mol. The van der Waals surface area contributed by atoms with Crippen LogP contribution in [0.5, 0.6) is 17.2 Å². The molecule has 0 amide bonds. The molecule has 0 aliphatic rings. The third kappa shape index (κ3) is 21.1. The third-order valence-electron chi connectivity index (χ3n) is 6.57. The molecule has 0 saturated heterocycles. The number of hydrogen-bond acceptors (Lipinski definition) is 11. The molecule has 14 heteroatoms. The molecule has 0 heterocycles. The van der Waals surface area contributed by atoms with Gasteiger partial charge in [0.2, 0.25) is 0 Å². The SMILES string of the molecule is CC(=O)CC[C@H](O)COc1ccc(F)cc1.CCOC(=O)C=C[C@H](COc1ccc(F)cc1)OCO[C@H](C=CC(=O)OCC)COc1ccc(F)cc1. The normalized spacial score (nSPS) is 12.7. The van der Waals surface area contributed by atoms with Gasteiger partial charge in [-0.15, -0.1) is 0 Å². The molecule has 3 aromatic rings. The molecular formula is C39H45F3O11. The Morgan fingerprint density at radius 1 is 0.623 bits per heavy atom. The molecule has 1 N–H and O–H groups in total. The fourth-order valence-corrected chi connectivity index (χ4v) is 3.88. The van der Waals surface area contributed by atoms with Crippen LogP contribution in [0.4, 0.5) is 13.2 Å². The predicted molar refractivity (Wildman–Crippen MR) is 188 cm³/mol. The summed E-state index contributed by atoms with van der Waals surface area (Å²) >= 11 is 0. The summed E-state index contributed by atoms with van der Waals surface area (Å²) < 4.78 is 76.4. The van der Waals surface area contributed by atoms with Gasteiger partial charge in [-0.25, -0.2) is 22.8 Å². The maximum atomic E-state index is 13.1. The van der Waals surface area contributed by atoms with Gasteiger partial charge in [0.1, 0.15) is 79.3 Å². The highest BCUT2D eigenvalue weighted by atomic mass is 19.1. The number of hydrogen-bond donors (Lipinski definition) is 1. The average Bonchev–Trinajstić information content (AvgIpc) is 3.14. The zero-order chi connectivity index (χ0) is 38.8. The van der Waals surface area contributed by atoms with Crippen LogP contribution in [-0.2, 0) is 33.3 Å². The van der Waals surface area contributed by atoms with Crippen molar-refractivity contribution in [3.63, 3.8) is 0 Å². The predicted octanol–water partition coefficient (Wildman–Crippen LogP) is 6.32. The van der Waals surface area contributed by atoms with Crippen LogP contribution in [0.15, 0.2) is 97.1 Å². The van der Waals surface area contributed by atoms with Crippen molar-refractivity contribution in [2.75, 3.05) is 39.8 Å². The van der Waals surface area contributed by atoms with E-state index in [4.69, 9.17) is 33.2 Å². The fraction of sp³-hybridized carbons (Fsp3) is 0.359. The lowest BCUT2D eigenvalue weighted by molar-refractivity contribution is -0.138. The molecule has 0 radical (unpaired) electrons. The summed E-state index contributed by atoms with van der Waals surface area (Å²) in [6, 6.07) is 16.4. The summed E-state index contributed by atoms with van der Waals surface area (Å²) in [5.74, 6) is -0.884. The number of ketones is 1. The summed E-state index contributed by atoms with van der Waals surface area (Å²) in [7, 11) is 0. The number of aliphatic hydroxyl groups excluding tert-OH is 1. The quantitative estimate of drug-likeness (QED) is 0.0703. The Morgan fingerprint density at radius 2 is 0.981 bits per heavy atom. The van der Waals surface area contributed by atoms with Crippen molar-refractivity contribution >= 4 is 17.7 Å². The minimum Gasteiger partial charge on any atom is -0.491 e. The second kappa shape index (κ2) is 25.7. The molecule has 0 aromatic heterocycles. The number of ether oxygens (including phenoxy) is 7. The van der Waals surface area contributed by atoms with E-state index < -0.39 is 41.9 Å². The van der Waals surface area contributed by atoms with Gasteiger partial charge in [0, 0.05) is 18.6 Å². The van der Waals surface area contributed by atoms with E-state index in [0.717, 1.165) is 0 Å². The first kappa shape index (κ1) is 44.0. The summed E-state index contributed by atoms with van der Waals surface area (Å²) in [5.41, 5.74) is 0. The maximum absolute atomic E-state index is 13.1. The van der Waals surface area contributed by atoms with Crippen molar-refractivity contribution < 1.29 is 65.8 Å². The number of rotatable bonds is 22. The zero-order valence-electron chi connectivity index (χ0n) is 29.8. The molecule has 3 aromatic carbocycles. The van der Waals surface area contributed by atoms with Crippen LogP contribution < -0.4 is 14.2 Å². The smallest absolute Gasteiger partial charge is 0.330 e. The molecule has 53 heavy (non-hydrogen) atoms. The van der Waals surface area contributed by atoms with Crippen molar-refractivity contribution in [3.8, 4) is 17.2 Å². The maximum Gasteiger partial charge on any atom is 0.330 e. The van der Waals surface area contributed by atoms with Crippen molar-refractivity contribution in [3.05, 3.63) is 115 Å². The highest BCUT2D eigenvalue weighted by Crippen LogP contribution is 2.15. The molecule has 0 spiro atoms. The number of carbonyl (C=O) groups excluding carboxylic acids is 3. The fourth-order valence-electron chi connectivity index (χ4n) is 3.88. The van der Waals surface area contributed by atoms with Crippen LogP contribution in [0.3, 0.4) is 0 Å². The van der Waals surface area contributed by atoms with Gasteiger partial charge >= 0.3 is 11.9 Å². The Balaban J connectivity index is 0.000000505. The van der Waals surface area contributed by atoms with Crippen LogP contribution >= 0.6 is 0 Å². The number of benzene rings is 3. The number of aliphatic hydroxyl groups is 1. The van der Waals surface area contributed by atoms with Crippen molar-refractivity contribution in [2.45, 2.75) is 51.9 Å². The van der Waals surface area contributed by atoms with E-state index in [1.54, 1.807) is 13.8 Å². The van der Waals surface area contributed by atoms with Gasteiger partial charge in [0.25, 0.3) is 0 Å². The van der Waals surface area contributed by atoms with E-state index in [9.17, 15) is 32.7 Å². The number of esters is 2. The Labute approximate surface area is 306 Å². The van der Waals surface area contributed by atoms with Gasteiger partial charge in [-0.2, -0.15) is 0 Å². The first-order chi connectivity index (χ1) is 25.5. The lowest BCUT2D eigenvalue weighted by Crippen LogP contribution is -2.26. The Bertz CT molecular complexity index is 1460. The van der Waals surface area contributed by atoms with Crippen molar-refractivity contribution in [2.24, 2.45) is 0 Å². The lowest BCUT2D eigenvalue weighted by Gasteiger charge is -2.19. The molecule has 0 saturated carbocycles. The van der Waals surface area contributed by atoms with Crippen LogP contribution in [0.25, 0.3) is 0 Å². The summed E-state index contributed by atoms with van der Waals surface area (Å²) in [5, 5.41) is 9.46. The van der Waals surface area contributed by atoms with Gasteiger partial charge in [-0.05, 0) is 112 Å². The third-order valence-corrected chi connectivity index (χ3v) is 6.57. The molecule has 0 aliphatic heterocycles. The van der Waals surface area contributed by atoms with Crippen LogP contribution in [0.1, 0.15) is 33.6 Å². The van der Waals surface area contributed by atoms with Crippen molar-refractivity contribution in [1.82, 2.24) is 0 Å². The molecule has 0 aliphatic carbocycles. The van der Waals surface area contributed by atoms with Crippen LogP contribution in [0.2, 0.25) is 0 Å². The highest BCUT2D eigenvalue weighted by Gasteiger charge is 2.13. The van der Waals surface area contributed by atoms with E-state index in [-0.39, 0.29) is 51.4 Å². The van der Waals surface area contributed by atoms with Gasteiger partial charge in [0.15, 0.2) is 0 Å². The first-order valence-corrected chi connectivity index (χ1v) is 16.7. The van der Waals surface area contributed by atoms with Gasteiger partial charge in [-0.1, -0.05) is 0 Å². The molecule has 11 nitrogen and oxygen atoms in total. The standard InChI is InChI=1S/C27H30F2O8.C12H15FO3/c1-3-32-26(30)15-13-24(17-34-22-9-5-20(28)6-10-22)36-19-37-25(14-16-27(31)33-4-2)18-35-23-11-7-21(29)8-12-23;1-9(14)2-5-11(15)8-16-12-6-3-10(13)4-7-12/h5-16,24-25H,3-4,17-19H2,1-2H3;3-4,6-7,11,15H,2,5,8H2,1H3/t24-,25-;11-/m10/s1. The molecule has 0 bridgehead atoms. The minimum atomic E-state index is -0.734. The molecule has 3 atom stereocenters. The Kier molecular flexibility index (Phi) is 21.3. The van der Waals surface area contributed by atoms with Gasteiger partial charge in [0.05, 0.1) is 19.3 Å². The molecule has 3 rings (SSSR count). The van der Waals surface area contributed by atoms with Gasteiger partial charge < -0.3 is 43.1 Å². The Hall–Kier alpha value is -5.18. The van der Waals surface area contributed by atoms with Crippen LogP contribution in [-0.4, -0.2) is 81.0 Å². The number of halogens is 3. The molecule has 288 valence electrons. The minimum absolute atomic E-state index is 0.0136.